The molecule has 2 aliphatic rings. The van der Waals surface area contributed by atoms with Crippen molar-refractivity contribution >= 4 is 12.2 Å². The molecule has 2 atom stereocenters. The maximum atomic E-state index is 5.98. The lowest BCUT2D eigenvalue weighted by molar-refractivity contribution is -0.0777. The van der Waals surface area contributed by atoms with E-state index in [0.717, 1.165) is 42.1 Å². The van der Waals surface area contributed by atoms with Crippen molar-refractivity contribution in [3.05, 3.63) is 23.0 Å². The molecule has 0 spiro atoms. The number of methoxy groups -OCH3 is 2. The van der Waals surface area contributed by atoms with Crippen LogP contribution in [0.1, 0.15) is 52.0 Å². The molecule has 0 radical (unpaired) electrons. The highest BCUT2D eigenvalue weighted by Crippen LogP contribution is 2.36. The van der Waals surface area contributed by atoms with E-state index < -0.39 is 0 Å². The largest absolute Gasteiger partial charge is 0.493 e. The van der Waals surface area contributed by atoms with Crippen molar-refractivity contribution in [2.45, 2.75) is 70.9 Å². The highest BCUT2D eigenvalue weighted by atomic mass is 32.1. The molecular formula is C23H34N4O3S. The number of rotatable bonds is 6. The third-order valence-electron chi connectivity index (χ3n) is 6.28. The average Bonchev–Trinajstić information content (AvgIpc) is 3.09. The molecule has 1 saturated carbocycles. The van der Waals surface area contributed by atoms with Gasteiger partial charge in [-0.25, -0.2) is 4.68 Å². The van der Waals surface area contributed by atoms with Crippen molar-refractivity contribution in [1.82, 2.24) is 19.2 Å². The Labute approximate surface area is 189 Å². The van der Waals surface area contributed by atoms with Gasteiger partial charge in [0.1, 0.15) is 0 Å². The quantitative estimate of drug-likeness (QED) is 0.601. The molecule has 1 aromatic carbocycles. The van der Waals surface area contributed by atoms with Crippen LogP contribution in [0.5, 0.6) is 11.5 Å². The SMILES string of the molecule is COc1ccc(-c2nn(CN3CC(C)OC(C)C3)c(=S)n2C2CCCCC2)cc1OC. The smallest absolute Gasteiger partial charge is 0.199 e. The van der Waals surface area contributed by atoms with Gasteiger partial charge in [-0.3, -0.25) is 9.47 Å². The van der Waals surface area contributed by atoms with Gasteiger partial charge in [0.15, 0.2) is 22.1 Å². The van der Waals surface area contributed by atoms with E-state index in [-0.39, 0.29) is 12.2 Å². The Morgan fingerprint density at radius 1 is 1.03 bits per heavy atom. The van der Waals surface area contributed by atoms with Crippen LogP contribution < -0.4 is 9.47 Å². The Morgan fingerprint density at radius 2 is 1.71 bits per heavy atom. The molecule has 8 heteroatoms. The zero-order valence-electron chi connectivity index (χ0n) is 19.0. The van der Waals surface area contributed by atoms with Gasteiger partial charge in [-0.1, -0.05) is 19.3 Å². The van der Waals surface area contributed by atoms with Gasteiger partial charge in [-0.2, -0.15) is 5.10 Å². The normalized spacial score (nSPS) is 23.1. The van der Waals surface area contributed by atoms with E-state index >= 15 is 0 Å². The van der Waals surface area contributed by atoms with Gasteiger partial charge in [-0.05, 0) is 57.1 Å². The molecule has 1 aliphatic carbocycles. The Morgan fingerprint density at radius 3 is 2.35 bits per heavy atom. The number of morpholine rings is 1. The second-order valence-corrected chi connectivity index (χ2v) is 9.14. The molecule has 1 aliphatic heterocycles. The standard InChI is InChI=1S/C23H34N4O3S/c1-16-13-25(14-17(2)30-16)15-26-23(31)27(19-8-6-5-7-9-19)22(24-26)18-10-11-20(28-3)21(12-18)29-4/h10-12,16-17,19H,5-9,13-15H2,1-4H3. The molecular weight excluding hydrogens is 412 g/mol. The van der Waals surface area contributed by atoms with E-state index in [0.29, 0.717) is 24.2 Å². The third-order valence-corrected chi connectivity index (χ3v) is 6.69. The van der Waals surface area contributed by atoms with Crippen LogP contribution in [0.4, 0.5) is 0 Å². The first-order valence-corrected chi connectivity index (χ1v) is 11.7. The Bertz CT molecular complexity index is 941. The van der Waals surface area contributed by atoms with Gasteiger partial charge in [0.25, 0.3) is 0 Å². The molecule has 170 valence electrons. The summed E-state index contributed by atoms with van der Waals surface area (Å²) in [6.45, 7) is 6.69. The number of hydrogen-bond donors (Lipinski definition) is 0. The summed E-state index contributed by atoms with van der Waals surface area (Å²) in [4.78, 5) is 2.38. The number of ether oxygens (including phenoxy) is 3. The summed E-state index contributed by atoms with van der Waals surface area (Å²) in [5.74, 6) is 2.32. The van der Waals surface area contributed by atoms with Gasteiger partial charge in [0.05, 0.1) is 33.1 Å². The first-order valence-electron chi connectivity index (χ1n) is 11.3. The maximum absolute atomic E-state index is 5.98. The summed E-state index contributed by atoms with van der Waals surface area (Å²) >= 11 is 5.98. The van der Waals surface area contributed by atoms with Crippen molar-refractivity contribution in [3.8, 4) is 22.9 Å². The Kier molecular flexibility index (Phi) is 6.99. The summed E-state index contributed by atoms with van der Waals surface area (Å²) in [6, 6.07) is 6.37. The lowest BCUT2D eigenvalue weighted by atomic mass is 9.95. The molecule has 1 saturated heterocycles. The van der Waals surface area contributed by atoms with Gasteiger partial charge >= 0.3 is 0 Å². The molecule has 4 rings (SSSR count). The van der Waals surface area contributed by atoms with Crippen molar-refractivity contribution in [1.29, 1.82) is 0 Å². The van der Waals surface area contributed by atoms with Gasteiger partial charge in [0.2, 0.25) is 0 Å². The second-order valence-electron chi connectivity index (χ2n) is 8.77. The molecule has 2 fully saturated rings. The minimum Gasteiger partial charge on any atom is -0.493 e. The molecule has 2 aromatic rings. The summed E-state index contributed by atoms with van der Waals surface area (Å²) in [5.41, 5.74) is 0.997. The molecule has 0 bridgehead atoms. The minimum absolute atomic E-state index is 0.212. The van der Waals surface area contributed by atoms with E-state index in [1.54, 1.807) is 14.2 Å². The fraction of sp³-hybridized carbons (Fsp3) is 0.652. The first kappa shape index (κ1) is 22.3. The molecule has 31 heavy (non-hydrogen) atoms. The number of nitrogens with zero attached hydrogens (tertiary/aromatic N) is 4. The topological polar surface area (TPSA) is 53.7 Å². The van der Waals surface area contributed by atoms with Crippen LogP contribution >= 0.6 is 12.2 Å². The molecule has 2 unspecified atom stereocenters. The lowest BCUT2D eigenvalue weighted by Crippen LogP contribution is -2.46. The van der Waals surface area contributed by atoms with Crippen LogP contribution in [-0.2, 0) is 11.4 Å². The Balaban J connectivity index is 1.73. The van der Waals surface area contributed by atoms with Crippen molar-refractivity contribution in [2.24, 2.45) is 0 Å². The second kappa shape index (κ2) is 9.71. The monoisotopic (exact) mass is 446 g/mol. The van der Waals surface area contributed by atoms with Gasteiger partial charge in [0, 0.05) is 24.7 Å². The summed E-state index contributed by atoms with van der Waals surface area (Å²) < 4.78 is 21.9. The predicted octanol–water partition coefficient (Wildman–Crippen LogP) is 4.67. The van der Waals surface area contributed by atoms with E-state index in [1.165, 1.54) is 19.3 Å². The van der Waals surface area contributed by atoms with Gasteiger partial charge < -0.3 is 14.2 Å². The van der Waals surface area contributed by atoms with Crippen LogP contribution in [0, 0.1) is 4.77 Å². The summed E-state index contributed by atoms with van der Waals surface area (Å²) in [7, 11) is 3.31. The number of aromatic nitrogens is 3. The van der Waals surface area contributed by atoms with E-state index in [9.17, 15) is 0 Å². The lowest BCUT2D eigenvalue weighted by Gasteiger charge is -2.34. The Hall–Kier alpha value is -1.90. The zero-order valence-corrected chi connectivity index (χ0v) is 19.9. The fourth-order valence-corrected chi connectivity index (χ4v) is 5.28. The van der Waals surface area contributed by atoms with E-state index in [1.807, 2.05) is 22.9 Å². The van der Waals surface area contributed by atoms with E-state index in [4.69, 9.17) is 31.5 Å². The molecule has 7 nitrogen and oxygen atoms in total. The number of benzene rings is 1. The number of hydrogen-bond acceptors (Lipinski definition) is 6. The summed E-state index contributed by atoms with van der Waals surface area (Å²) in [6.07, 6.45) is 6.49. The van der Waals surface area contributed by atoms with E-state index in [2.05, 4.69) is 23.3 Å². The maximum Gasteiger partial charge on any atom is 0.199 e. The fourth-order valence-electron chi connectivity index (χ4n) is 4.94. The minimum atomic E-state index is 0.212. The van der Waals surface area contributed by atoms with Gasteiger partial charge in [-0.15, -0.1) is 0 Å². The van der Waals surface area contributed by atoms with Crippen LogP contribution in [0.2, 0.25) is 0 Å². The van der Waals surface area contributed by atoms with Crippen molar-refractivity contribution in [3.63, 3.8) is 0 Å². The van der Waals surface area contributed by atoms with Crippen LogP contribution in [0.25, 0.3) is 11.4 Å². The van der Waals surface area contributed by atoms with Crippen LogP contribution in [0.15, 0.2) is 18.2 Å². The molecule has 0 N–H and O–H groups in total. The highest BCUT2D eigenvalue weighted by Gasteiger charge is 2.26. The first-order chi connectivity index (χ1) is 15.0. The van der Waals surface area contributed by atoms with Crippen LogP contribution in [0.3, 0.4) is 0 Å². The van der Waals surface area contributed by atoms with Crippen molar-refractivity contribution in [2.75, 3.05) is 27.3 Å². The predicted molar refractivity (Wildman–Crippen MR) is 123 cm³/mol. The molecule has 2 heterocycles. The molecule has 0 amide bonds. The van der Waals surface area contributed by atoms with Crippen molar-refractivity contribution < 1.29 is 14.2 Å². The molecule has 1 aromatic heterocycles. The highest BCUT2D eigenvalue weighted by molar-refractivity contribution is 7.71. The average molecular weight is 447 g/mol. The summed E-state index contributed by atoms with van der Waals surface area (Å²) in [5, 5.41) is 5.03. The zero-order chi connectivity index (χ0) is 22.0. The van der Waals surface area contributed by atoms with Crippen LogP contribution in [-0.4, -0.2) is 58.8 Å². The third kappa shape index (κ3) is 4.81.